The van der Waals surface area contributed by atoms with Crippen LogP contribution in [0.3, 0.4) is 0 Å². The minimum atomic E-state index is 0.0451. The van der Waals surface area contributed by atoms with Crippen molar-refractivity contribution in [2.75, 3.05) is 26.3 Å². The molecule has 146 valence electrons. The van der Waals surface area contributed by atoms with Crippen molar-refractivity contribution in [1.29, 1.82) is 0 Å². The molecule has 1 atom stereocenters. The molecule has 4 rings (SSSR count). The number of hydrogen-bond donors (Lipinski definition) is 0. The van der Waals surface area contributed by atoms with Crippen LogP contribution in [0.25, 0.3) is 0 Å². The van der Waals surface area contributed by atoms with Gasteiger partial charge in [0, 0.05) is 56.4 Å². The fourth-order valence-electron chi connectivity index (χ4n) is 4.21. The van der Waals surface area contributed by atoms with E-state index >= 15 is 0 Å². The zero-order valence-corrected chi connectivity index (χ0v) is 16.3. The van der Waals surface area contributed by atoms with E-state index in [1.807, 2.05) is 23.9 Å². The van der Waals surface area contributed by atoms with Gasteiger partial charge in [-0.15, -0.1) is 0 Å². The van der Waals surface area contributed by atoms with Crippen LogP contribution in [0.1, 0.15) is 37.4 Å². The van der Waals surface area contributed by atoms with E-state index in [-0.39, 0.29) is 5.60 Å². The van der Waals surface area contributed by atoms with Crippen LogP contribution in [-0.2, 0) is 17.8 Å². The molecule has 2 aliphatic heterocycles. The number of aromatic nitrogens is 4. The van der Waals surface area contributed by atoms with Crippen LogP contribution in [-0.4, -0.2) is 56.6 Å². The molecule has 2 fully saturated rings. The maximum atomic E-state index is 6.18. The summed E-state index contributed by atoms with van der Waals surface area (Å²) in [6.07, 6.45) is 9.13. The minimum Gasteiger partial charge on any atom is -0.463 e. The van der Waals surface area contributed by atoms with E-state index in [4.69, 9.17) is 9.47 Å². The fraction of sp³-hybridized carbons (Fsp3) is 0.650. The first-order chi connectivity index (χ1) is 13.1. The van der Waals surface area contributed by atoms with Crippen molar-refractivity contribution < 1.29 is 9.47 Å². The van der Waals surface area contributed by atoms with Gasteiger partial charge in [-0.2, -0.15) is 5.10 Å². The molecule has 4 heterocycles. The highest BCUT2D eigenvalue weighted by molar-refractivity contribution is 5.08. The fourth-order valence-corrected chi connectivity index (χ4v) is 4.21. The number of aryl methyl sites for hydroxylation is 2. The Bertz CT molecular complexity index is 756. The van der Waals surface area contributed by atoms with Crippen LogP contribution in [0.5, 0.6) is 6.01 Å². The third kappa shape index (κ3) is 4.47. The van der Waals surface area contributed by atoms with Gasteiger partial charge in [0.25, 0.3) is 0 Å². The van der Waals surface area contributed by atoms with Gasteiger partial charge in [0.15, 0.2) is 0 Å². The van der Waals surface area contributed by atoms with Crippen LogP contribution in [0, 0.1) is 12.8 Å². The lowest BCUT2D eigenvalue weighted by atomic mass is 9.79. The van der Waals surface area contributed by atoms with E-state index < -0.39 is 0 Å². The molecule has 0 aliphatic carbocycles. The van der Waals surface area contributed by atoms with Crippen molar-refractivity contribution in [1.82, 2.24) is 24.6 Å². The molecule has 0 amide bonds. The van der Waals surface area contributed by atoms with Crippen LogP contribution in [0.15, 0.2) is 24.7 Å². The number of nitrogens with zero attached hydrogens (tertiary/aromatic N) is 5. The van der Waals surface area contributed by atoms with Crippen molar-refractivity contribution in [3.63, 3.8) is 0 Å². The summed E-state index contributed by atoms with van der Waals surface area (Å²) in [6.45, 7) is 9.50. The zero-order valence-electron chi connectivity index (χ0n) is 16.3. The largest absolute Gasteiger partial charge is 0.463 e. The van der Waals surface area contributed by atoms with Crippen molar-refractivity contribution in [2.45, 2.75) is 51.8 Å². The molecule has 2 aliphatic rings. The molecule has 0 aromatic carbocycles. The van der Waals surface area contributed by atoms with E-state index in [0.29, 0.717) is 18.5 Å². The summed E-state index contributed by atoms with van der Waals surface area (Å²) >= 11 is 0. The molecule has 1 spiro atoms. The quantitative estimate of drug-likeness (QED) is 0.745. The molecule has 2 aromatic rings. The second kappa shape index (κ2) is 7.94. The van der Waals surface area contributed by atoms with Crippen LogP contribution in [0.4, 0.5) is 0 Å². The molecule has 2 aromatic heterocycles. The first-order valence-corrected chi connectivity index (χ1v) is 9.94. The highest BCUT2D eigenvalue weighted by atomic mass is 16.5. The Labute approximate surface area is 160 Å². The molecule has 7 heteroatoms. The van der Waals surface area contributed by atoms with Crippen LogP contribution < -0.4 is 4.74 Å². The van der Waals surface area contributed by atoms with Crippen molar-refractivity contribution in [3.05, 3.63) is 35.9 Å². The Balaban J connectivity index is 1.21. The Morgan fingerprint density at radius 1 is 1.37 bits per heavy atom. The van der Waals surface area contributed by atoms with Crippen LogP contribution >= 0.6 is 0 Å². The third-order valence-corrected chi connectivity index (χ3v) is 5.57. The Morgan fingerprint density at radius 3 is 3.04 bits per heavy atom. The van der Waals surface area contributed by atoms with Gasteiger partial charge >= 0.3 is 6.01 Å². The van der Waals surface area contributed by atoms with Gasteiger partial charge in [0.2, 0.25) is 0 Å². The smallest absolute Gasteiger partial charge is 0.316 e. The summed E-state index contributed by atoms with van der Waals surface area (Å²) in [7, 11) is 0. The van der Waals surface area contributed by atoms with Gasteiger partial charge < -0.3 is 9.47 Å². The highest BCUT2D eigenvalue weighted by Crippen LogP contribution is 2.38. The number of likely N-dealkylation sites (tertiary alicyclic amines) is 1. The maximum absolute atomic E-state index is 6.18. The van der Waals surface area contributed by atoms with Gasteiger partial charge in [-0.25, -0.2) is 9.97 Å². The van der Waals surface area contributed by atoms with Gasteiger partial charge in [-0.05, 0) is 45.1 Å². The summed E-state index contributed by atoms with van der Waals surface area (Å²) in [5.74, 6) is 0.647. The molecule has 27 heavy (non-hydrogen) atoms. The Morgan fingerprint density at radius 2 is 2.26 bits per heavy atom. The summed E-state index contributed by atoms with van der Waals surface area (Å²) in [6, 6.07) is 2.37. The van der Waals surface area contributed by atoms with E-state index in [1.54, 1.807) is 6.20 Å². The molecule has 7 nitrogen and oxygen atoms in total. The second-order valence-electron chi connectivity index (χ2n) is 7.86. The lowest BCUT2D eigenvalue weighted by Crippen LogP contribution is -2.64. The van der Waals surface area contributed by atoms with Crippen LogP contribution in [0.2, 0.25) is 0 Å². The average molecular weight is 371 g/mol. The first kappa shape index (κ1) is 18.4. The standard InChI is InChI=1S/C20H29N5O2/c1-3-25-13-18(11-22-25)12-24-14-20(15-24)10-17(6-9-27-20)5-8-26-19-21-7-4-16(2)23-19/h4,7,11,13,17H,3,5-6,8-10,12,14-15H2,1-2H3/t17-/m0/s1. The molecular formula is C20H29N5O2. The predicted molar refractivity (Wildman–Crippen MR) is 101 cm³/mol. The summed E-state index contributed by atoms with van der Waals surface area (Å²) in [4.78, 5) is 10.9. The van der Waals surface area contributed by atoms with E-state index in [2.05, 4.69) is 33.1 Å². The SMILES string of the molecule is CCn1cc(CN2CC3(C[C@@H](CCOc4nccc(C)n4)CCO3)C2)cn1. The van der Waals surface area contributed by atoms with E-state index in [1.165, 1.54) is 5.56 Å². The Kier molecular flexibility index (Phi) is 5.41. The van der Waals surface area contributed by atoms with E-state index in [0.717, 1.165) is 57.7 Å². The second-order valence-corrected chi connectivity index (χ2v) is 7.86. The van der Waals surface area contributed by atoms with Gasteiger partial charge in [-0.3, -0.25) is 9.58 Å². The normalized spacial score (nSPS) is 21.9. The van der Waals surface area contributed by atoms with Gasteiger partial charge in [-0.1, -0.05) is 0 Å². The van der Waals surface area contributed by atoms with Crippen molar-refractivity contribution in [3.8, 4) is 6.01 Å². The average Bonchev–Trinajstić information content (AvgIpc) is 3.09. The molecule has 0 unspecified atom stereocenters. The van der Waals surface area contributed by atoms with Crippen molar-refractivity contribution in [2.24, 2.45) is 5.92 Å². The highest BCUT2D eigenvalue weighted by Gasteiger charge is 2.47. The third-order valence-electron chi connectivity index (χ3n) is 5.57. The summed E-state index contributed by atoms with van der Waals surface area (Å²) in [5.41, 5.74) is 2.26. The minimum absolute atomic E-state index is 0.0451. The maximum Gasteiger partial charge on any atom is 0.316 e. The van der Waals surface area contributed by atoms with E-state index in [9.17, 15) is 0 Å². The summed E-state index contributed by atoms with van der Waals surface area (Å²) < 4.78 is 13.9. The lowest BCUT2D eigenvalue weighted by molar-refractivity contribution is -0.182. The summed E-state index contributed by atoms with van der Waals surface area (Å²) in [5, 5.41) is 4.36. The molecule has 0 radical (unpaired) electrons. The number of hydrogen-bond acceptors (Lipinski definition) is 6. The predicted octanol–water partition coefficient (Wildman–Crippen LogP) is 2.45. The topological polar surface area (TPSA) is 65.3 Å². The van der Waals surface area contributed by atoms with Gasteiger partial charge in [0.05, 0.1) is 18.4 Å². The van der Waals surface area contributed by atoms with Gasteiger partial charge in [0.1, 0.15) is 0 Å². The molecule has 0 bridgehead atoms. The van der Waals surface area contributed by atoms with Crippen molar-refractivity contribution >= 4 is 0 Å². The first-order valence-electron chi connectivity index (χ1n) is 9.94. The molecule has 2 saturated heterocycles. The lowest BCUT2D eigenvalue weighted by Gasteiger charge is -2.53. The number of rotatable bonds is 7. The molecule has 0 saturated carbocycles. The molecule has 0 N–H and O–H groups in total. The molecular weight excluding hydrogens is 342 g/mol. The monoisotopic (exact) mass is 371 g/mol. The number of ether oxygens (including phenoxy) is 2. The Hall–Kier alpha value is -1.99. The zero-order chi connectivity index (χ0) is 18.7.